The van der Waals surface area contributed by atoms with E-state index in [9.17, 15) is 14.7 Å². The fourth-order valence-corrected chi connectivity index (χ4v) is 3.36. The van der Waals surface area contributed by atoms with Gasteiger partial charge in [0, 0.05) is 24.6 Å². The highest BCUT2D eigenvalue weighted by Gasteiger charge is 2.19. The van der Waals surface area contributed by atoms with Crippen LogP contribution in [0.25, 0.3) is 28.2 Å². The molecular formula is C24H24N6O4. The Hall–Kier alpha value is -4.47. The van der Waals surface area contributed by atoms with Gasteiger partial charge in [-0.1, -0.05) is 12.1 Å². The van der Waals surface area contributed by atoms with E-state index in [1.165, 1.54) is 12.3 Å². The number of carbonyl (C=O) groups is 2. The molecule has 0 saturated carbocycles. The van der Waals surface area contributed by atoms with Crippen molar-refractivity contribution in [2.45, 2.75) is 32.9 Å². The van der Waals surface area contributed by atoms with E-state index in [1.54, 1.807) is 43.7 Å². The molecule has 0 aliphatic heterocycles. The largest absolute Gasteiger partial charge is 0.478 e. The number of imidazole rings is 1. The molecular weight excluding hydrogens is 436 g/mol. The zero-order valence-corrected chi connectivity index (χ0v) is 18.9. The molecule has 34 heavy (non-hydrogen) atoms. The number of rotatable bonds is 5. The third-order valence-electron chi connectivity index (χ3n) is 4.85. The van der Waals surface area contributed by atoms with Gasteiger partial charge in [-0.15, -0.1) is 0 Å². The molecule has 0 bridgehead atoms. The van der Waals surface area contributed by atoms with E-state index in [2.05, 4.69) is 20.3 Å². The molecule has 3 heterocycles. The molecule has 174 valence electrons. The first-order valence-corrected chi connectivity index (χ1v) is 10.5. The van der Waals surface area contributed by atoms with E-state index in [0.717, 1.165) is 11.3 Å². The Kier molecular flexibility index (Phi) is 5.89. The molecule has 0 fully saturated rings. The monoisotopic (exact) mass is 460 g/mol. The van der Waals surface area contributed by atoms with Crippen molar-refractivity contribution in [2.75, 3.05) is 5.73 Å². The first-order chi connectivity index (χ1) is 16.1. The number of hydrogen-bond acceptors (Lipinski definition) is 7. The number of hydrogen-bond donors (Lipinski definition) is 3. The highest BCUT2D eigenvalue weighted by molar-refractivity contribution is 5.92. The van der Waals surface area contributed by atoms with Crippen molar-refractivity contribution in [1.29, 1.82) is 0 Å². The van der Waals surface area contributed by atoms with Crippen molar-refractivity contribution in [2.24, 2.45) is 0 Å². The van der Waals surface area contributed by atoms with Crippen LogP contribution in [0.2, 0.25) is 0 Å². The molecule has 0 saturated heterocycles. The van der Waals surface area contributed by atoms with Crippen LogP contribution in [-0.4, -0.2) is 42.3 Å². The lowest BCUT2D eigenvalue weighted by Crippen LogP contribution is -2.32. The number of ether oxygens (including phenoxy) is 1. The number of amides is 1. The average molecular weight is 460 g/mol. The summed E-state index contributed by atoms with van der Waals surface area (Å²) in [7, 11) is 0. The third kappa shape index (κ3) is 4.80. The summed E-state index contributed by atoms with van der Waals surface area (Å²) >= 11 is 0. The molecule has 3 aromatic heterocycles. The maximum Gasteiger partial charge on any atom is 0.407 e. The zero-order chi connectivity index (χ0) is 24.5. The van der Waals surface area contributed by atoms with Gasteiger partial charge in [-0.3, -0.25) is 4.57 Å². The van der Waals surface area contributed by atoms with Crippen molar-refractivity contribution in [1.82, 2.24) is 24.8 Å². The number of nitrogens with one attached hydrogen (secondary N) is 1. The summed E-state index contributed by atoms with van der Waals surface area (Å²) in [5.41, 5.74) is 8.64. The summed E-state index contributed by atoms with van der Waals surface area (Å²) in [6, 6.07) is 12.4. The van der Waals surface area contributed by atoms with Crippen LogP contribution in [0.4, 0.5) is 10.6 Å². The van der Waals surface area contributed by atoms with Gasteiger partial charge in [0.15, 0.2) is 11.5 Å². The zero-order valence-electron chi connectivity index (χ0n) is 18.9. The Morgan fingerprint density at radius 1 is 1.15 bits per heavy atom. The molecule has 4 N–H and O–H groups in total. The van der Waals surface area contributed by atoms with E-state index >= 15 is 0 Å². The number of aromatic carboxylic acids is 1. The Balaban J connectivity index is 1.71. The van der Waals surface area contributed by atoms with Crippen molar-refractivity contribution in [3.8, 4) is 17.1 Å². The van der Waals surface area contributed by atoms with Crippen molar-refractivity contribution >= 4 is 29.0 Å². The van der Waals surface area contributed by atoms with E-state index in [1.807, 2.05) is 24.3 Å². The van der Waals surface area contributed by atoms with Gasteiger partial charge in [-0.25, -0.2) is 24.5 Å². The predicted molar refractivity (Wildman–Crippen MR) is 127 cm³/mol. The number of nitrogens with zero attached hydrogens (tertiary/aromatic N) is 4. The Bertz CT molecular complexity index is 1370. The van der Waals surface area contributed by atoms with Crippen LogP contribution in [0.5, 0.6) is 0 Å². The molecule has 1 amide bonds. The Morgan fingerprint density at radius 3 is 2.53 bits per heavy atom. The van der Waals surface area contributed by atoms with E-state index in [4.69, 9.17) is 10.5 Å². The number of benzene rings is 1. The molecule has 10 nitrogen and oxygen atoms in total. The van der Waals surface area contributed by atoms with Crippen LogP contribution in [0, 0.1) is 0 Å². The third-order valence-corrected chi connectivity index (χ3v) is 4.85. The van der Waals surface area contributed by atoms with Gasteiger partial charge < -0.3 is 20.9 Å². The number of nitrogens with two attached hydrogens (primary N) is 1. The molecule has 10 heteroatoms. The molecule has 0 radical (unpaired) electrons. The van der Waals surface area contributed by atoms with Crippen molar-refractivity contribution in [3.63, 3.8) is 0 Å². The second-order valence-corrected chi connectivity index (χ2v) is 8.60. The summed E-state index contributed by atoms with van der Waals surface area (Å²) in [4.78, 5) is 36.5. The first-order valence-electron chi connectivity index (χ1n) is 10.5. The van der Waals surface area contributed by atoms with Gasteiger partial charge in [-0.05, 0) is 56.7 Å². The van der Waals surface area contributed by atoms with Gasteiger partial charge in [0.1, 0.15) is 16.9 Å². The van der Waals surface area contributed by atoms with Crippen LogP contribution in [0.1, 0.15) is 36.7 Å². The minimum atomic E-state index is -1.09. The standard InChI is InChI=1S/C24H24N6O4/c1-24(2,3)34-23(33)28-12-14-6-8-16(9-7-14)30-20(17-5-4-10-26-19(17)25)29-18-11-15(22(31)32)13-27-21(18)30/h4-11,13H,12H2,1-3H3,(H2,25,26)(H,28,33)(H,31,32). The predicted octanol–water partition coefficient (Wildman–Crippen LogP) is 3.79. The van der Waals surface area contributed by atoms with Crippen LogP contribution < -0.4 is 11.1 Å². The van der Waals surface area contributed by atoms with Crippen molar-refractivity contribution < 1.29 is 19.4 Å². The minimum absolute atomic E-state index is 0.0337. The Morgan fingerprint density at radius 2 is 1.88 bits per heavy atom. The van der Waals surface area contributed by atoms with Crippen LogP contribution in [0.15, 0.2) is 54.9 Å². The number of carboxylic acid groups (broad SMARTS) is 1. The molecule has 0 aliphatic carbocycles. The summed E-state index contributed by atoms with van der Waals surface area (Å²) in [6.45, 7) is 5.70. The molecule has 0 unspecified atom stereocenters. The fraction of sp³-hybridized carbons (Fsp3) is 0.208. The molecule has 1 aromatic carbocycles. The molecule has 4 rings (SSSR count). The maximum atomic E-state index is 11.9. The lowest BCUT2D eigenvalue weighted by Gasteiger charge is -2.19. The van der Waals surface area contributed by atoms with E-state index in [0.29, 0.717) is 29.1 Å². The lowest BCUT2D eigenvalue weighted by atomic mass is 10.2. The van der Waals surface area contributed by atoms with Gasteiger partial charge in [0.25, 0.3) is 0 Å². The fourth-order valence-electron chi connectivity index (χ4n) is 3.36. The van der Waals surface area contributed by atoms with Gasteiger partial charge in [0.2, 0.25) is 0 Å². The molecule has 0 spiro atoms. The summed E-state index contributed by atoms with van der Waals surface area (Å²) in [5, 5.41) is 12.1. The topological polar surface area (TPSA) is 145 Å². The highest BCUT2D eigenvalue weighted by Crippen LogP contribution is 2.30. The average Bonchev–Trinajstić information content (AvgIpc) is 3.15. The molecule has 0 aliphatic rings. The van der Waals surface area contributed by atoms with Gasteiger partial charge in [-0.2, -0.15) is 0 Å². The van der Waals surface area contributed by atoms with Gasteiger partial charge >= 0.3 is 12.1 Å². The SMILES string of the molecule is CC(C)(C)OC(=O)NCc1ccc(-n2c(-c3cccnc3N)nc3cc(C(=O)O)cnc32)cc1. The van der Waals surface area contributed by atoms with Crippen LogP contribution >= 0.6 is 0 Å². The number of aromatic nitrogens is 4. The minimum Gasteiger partial charge on any atom is -0.478 e. The lowest BCUT2D eigenvalue weighted by molar-refractivity contribution is 0.0523. The number of nitrogen functional groups attached to an aromatic ring is 1. The summed E-state index contributed by atoms with van der Waals surface area (Å²) in [6.07, 6.45) is 2.38. The second kappa shape index (κ2) is 8.81. The number of carboxylic acids is 1. The number of alkyl carbamates (subject to hydrolysis) is 1. The highest BCUT2D eigenvalue weighted by atomic mass is 16.6. The maximum absolute atomic E-state index is 11.9. The first kappa shape index (κ1) is 22.7. The van der Waals surface area contributed by atoms with E-state index in [-0.39, 0.29) is 11.4 Å². The smallest absolute Gasteiger partial charge is 0.407 e. The normalized spacial score (nSPS) is 11.4. The second-order valence-electron chi connectivity index (χ2n) is 8.60. The van der Waals surface area contributed by atoms with E-state index < -0.39 is 17.7 Å². The van der Waals surface area contributed by atoms with Crippen LogP contribution in [-0.2, 0) is 11.3 Å². The number of fused-ring (bicyclic) bond motifs is 1. The number of pyridine rings is 2. The molecule has 4 aromatic rings. The Labute approximate surface area is 195 Å². The number of carbonyl (C=O) groups excluding carboxylic acids is 1. The number of anilines is 1. The quantitative estimate of drug-likeness (QED) is 0.408. The van der Waals surface area contributed by atoms with Gasteiger partial charge in [0.05, 0.1) is 11.1 Å². The molecule has 0 atom stereocenters. The van der Waals surface area contributed by atoms with Crippen LogP contribution in [0.3, 0.4) is 0 Å². The summed E-state index contributed by atoms with van der Waals surface area (Å²) in [5.74, 6) is -0.320. The summed E-state index contributed by atoms with van der Waals surface area (Å²) < 4.78 is 7.05. The van der Waals surface area contributed by atoms with Crippen molar-refractivity contribution in [3.05, 3.63) is 66.0 Å².